The van der Waals surface area contributed by atoms with Gasteiger partial charge in [-0.25, -0.2) is 4.79 Å². The lowest BCUT2D eigenvalue weighted by Gasteiger charge is -2.18. The average Bonchev–Trinajstić information content (AvgIpc) is 2.88. The summed E-state index contributed by atoms with van der Waals surface area (Å²) in [6, 6.07) is 7.60. The van der Waals surface area contributed by atoms with Gasteiger partial charge in [0.2, 0.25) is 0 Å². The summed E-state index contributed by atoms with van der Waals surface area (Å²) in [7, 11) is 0. The van der Waals surface area contributed by atoms with E-state index >= 15 is 0 Å². The molecule has 2 heterocycles. The molecule has 0 saturated heterocycles. The van der Waals surface area contributed by atoms with Gasteiger partial charge < -0.3 is 10.6 Å². The highest BCUT2D eigenvalue weighted by atomic mass is 32.1. The number of carbonyl (C=O) groups excluding carboxylic acids is 1. The molecule has 2 rings (SSSR count). The van der Waals surface area contributed by atoms with E-state index in [2.05, 4.69) is 0 Å². The van der Waals surface area contributed by atoms with Crippen LogP contribution in [0.15, 0.2) is 35.0 Å². The van der Waals surface area contributed by atoms with E-state index in [1.54, 1.807) is 27.6 Å². The number of hydrogen-bond acceptors (Lipinski definition) is 3. The van der Waals surface area contributed by atoms with Gasteiger partial charge in [0.15, 0.2) is 0 Å². The van der Waals surface area contributed by atoms with E-state index < -0.39 is 0 Å². The Hall–Kier alpha value is -1.33. The Morgan fingerprint density at radius 2 is 1.62 bits per heavy atom. The van der Waals surface area contributed by atoms with Crippen LogP contribution in [0.25, 0.3) is 0 Å². The van der Waals surface area contributed by atoms with E-state index in [1.165, 1.54) is 0 Å². The average molecular weight is 252 g/mol. The van der Waals surface area contributed by atoms with E-state index in [0.717, 1.165) is 9.75 Å². The third-order valence-corrected chi connectivity index (χ3v) is 3.89. The van der Waals surface area contributed by atoms with Gasteiger partial charge in [-0.3, -0.25) is 0 Å². The molecule has 2 aromatic heterocycles. The minimum atomic E-state index is -0.373. The van der Waals surface area contributed by atoms with Gasteiger partial charge in [-0.15, -0.1) is 22.7 Å². The second-order valence-corrected chi connectivity index (χ2v) is 5.42. The molecule has 0 atom stereocenters. The molecular weight excluding hydrogens is 240 g/mol. The second-order valence-electron chi connectivity index (χ2n) is 3.35. The number of nitrogens with two attached hydrogens (primary N) is 1. The van der Waals surface area contributed by atoms with E-state index in [4.69, 9.17) is 5.73 Å². The Labute approximate surface area is 102 Å². The van der Waals surface area contributed by atoms with Gasteiger partial charge >= 0.3 is 6.03 Å². The summed E-state index contributed by atoms with van der Waals surface area (Å²) in [6.45, 7) is 1.18. The van der Waals surface area contributed by atoms with Crippen LogP contribution in [0.2, 0.25) is 0 Å². The lowest BCUT2D eigenvalue weighted by atomic mass is 10.4. The largest absolute Gasteiger partial charge is 0.351 e. The number of amides is 2. The molecular formula is C11H12N2OS2. The number of urea groups is 1. The van der Waals surface area contributed by atoms with Crippen molar-refractivity contribution >= 4 is 28.7 Å². The summed E-state index contributed by atoms with van der Waals surface area (Å²) >= 11 is 3.27. The van der Waals surface area contributed by atoms with E-state index in [-0.39, 0.29) is 6.03 Å². The van der Waals surface area contributed by atoms with Crippen molar-refractivity contribution in [1.29, 1.82) is 0 Å². The third kappa shape index (κ3) is 2.84. The molecule has 0 spiro atoms. The van der Waals surface area contributed by atoms with E-state index in [0.29, 0.717) is 13.1 Å². The van der Waals surface area contributed by atoms with Crippen molar-refractivity contribution < 1.29 is 4.79 Å². The fraction of sp³-hybridized carbons (Fsp3) is 0.182. The number of hydrogen-bond donors (Lipinski definition) is 1. The van der Waals surface area contributed by atoms with Gasteiger partial charge in [-0.05, 0) is 22.9 Å². The molecule has 0 aliphatic rings. The summed E-state index contributed by atoms with van der Waals surface area (Å²) in [5.41, 5.74) is 5.37. The molecule has 84 valence electrons. The zero-order chi connectivity index (χ0) is 11.4. The monoisotopic (exact) mass is 252 g/mol. The number of carbonyl (C=O) groups is 1. The summed E-state index contributed by atoms with van der Waals surface area (Å²) in [6.07, 6.45) is 0. The molecule has 0 fully saturated rings. The van der Waals surface area contributed by atoms with Gasteiger partial charge in [0.25, 0.3) is 0 Å². The molecule has 2 N–H and O–H groups in total. The van der Waals surface area contributed by atoms with E-state index in [9.17, 15) is 4.79 Å². The summed E-state index contributed by atoms with van der Waals surface area (Å²) < 4.78 is 0. The first-order chi connectivity index (χ1) is 7.75. The molecule has 0 unspecified atom stereocenters. The summed E-state index contributed by atoms with van der Waals surface area (Å²) in [5, 5.41) is 4.00. The Kier molecular flexibility index (Phi) is 3.58. The maximum atomic E-state index is 11.3. The Morgan fingerprint density at radius 3 is 1.94 bits per heavy atom. The maximum Gasteiger partial charge on any atom is 0.315 e. The molecule has 0 saturated carbocycles. The van der Waals surface area contributed by atoms with Crippen molar-refractivity contribution in [3.05, 3.63) is 44.8 Å². The van der Waals surface area contributed by atoms with Gasteiger partial charge in [0.05, 0.1) is 13.1 Å². The quantitative estimate of drug-likeness (QED) is 0.893. The molecule has 0 bridgehead atoms. The Bertz CT molecular complexity index is 400. The first-order valence-corrected chi connectivity index (χ1v) is 6.61. The van der Waals surface area contributed by atoms with Crippen LogP contribution in [-0.2, 0) is 13.1 Å². The van der Waals surface area contributed by atoms with Crippen molar-refractivity contribution in [1.82, 2.24) is 4.90 Å². The lowest BCUT2D eigenvalue weighted by molar-refractivity contribution is 0.203. The number of primary amides is 1. The van der Waals surface area contributed by atoms with Crippen LogP contribution in [0.5, 0.6) is 0 Å². The number of rotatable bonds is 4. The topological polar surface area (TPSA) is 46.3 Å². The predicted octanol–water partition coefficient (Wildman–Crippen LogP) is 2.89. The highest BCUT2D eigenvalue weighted by Crippen LogP contribution is 2.16. The zero-order valence-corrected chi connectivity index (χ0v) is 10.3. The molecule has 0 aliphatic carbocycles. The minimum absolute atomic E-state index is 0.373. The van der Waals surface area contributed by atoms with Crippen molar-refractivity contribution in [3.63, 3.8) is 0 Å². The first-order valence-electron chi connectivity index (χ1n) is 4.85. The predicted molar refractivity (Wildman–Crippen MR) is 67.5 cm³/mol. The molecule has 2 aromatic rings. The molecule has 16 heavy (non-hydrogen) atoms. The molecule has 2 amide bonds. The van der Waals surface area contributed by atoms with Crippen LogP contribution in [0.4, 0.5) is 4.79 Å². The van der Waals surface area contributed by atoms with Gasteiger partial charge in [-0.2, -0.15) is 0 Å². The third-order valence-electron chi connectivity index (χ3n) is 2.17. The SMILES string of the molecule is NC(=O)N(Cc1cccs1)Cc1cccs1. The Balaban J connectivity index is 2.03. The molecule has 0 radical (unpaired) electrons. The Morgan fingerprint density at radius 1 is 1.12 bits per heavy atom. The molecule has 0 aromatic carbocycles. The van der Waals surface area contributed by atoms with Crippen molar-refractivity contribution in [3.8, 4) is 0 Å². The van der Waals surface area contributed by atoms with Crippen molar-refractivity contribution in [2.24, 2.45) is 5.73 Å². The molecule has 5 heteroatoms. The van der Waals surface area contributed by atoms with E-state index in [1.807, 2.05) is 35.0 Å². The normalized spacial score (nSPS) is 10.2. The van der Waals surface area contributed by atoms with Gasteiger partial charge in [-0.1, -0.05) is 12.1 Å². The van der Waals surface area contributed by atoms with Crippen molar-refractivity contribution in [2.45, 2.75) is 13.1 Å². The molecule has 3 nitrogen and oxygen atoms in total. The smallest absolute Gasteiger partial charge is 0.315 e. The maximum absolute atomic E-state index is 11.3. The lowest BCUT2D eigenvalue weighted by Crippen LogP contribution is -2.34. The number of nitrogens with zero attached hydrogens (tertiary/aromatic N) is 1. The van der Waals surface area contributed by atoms with Crippen LogP contribution >= 0.6 is 22.7 Å². The summed E-state index contributed by atoms with van der Waals surface area (Å²) in [4.78, 5) is 15.3. The van der Waals surface area contributed by atoms with Crippen LogP contribution in [0.1, 0.15) is 9.75 Å². The van der Waals surface area contributed by atoms with Gasteiger partial charge in [0.1, 0.15) is 0 Å². The minimum Gasteiger partial charge on any atom is -0.351 e. The standard InChI is InChI=1S/C11H12N2OS2/c12-11(14)13(7-9-3-1-5-15-9)8-10-4-2-6-16-10/h1-6H,7-8H2,(H2,12,14). The van der Waals surface area contributed by atoms with Gasteiger partial charge in [0, 0.05) is 9.75 Å². The fourth-order valence-corrected chi connectivity index (χ4v) is 2.83. The highest BCUT2D eigenvalue weighted by molar-refractivity contribution is 7.10. The van der Waals surface area contributed by atoms with Crippen LogP contribution in [0, 0.1) is 0 Å². The van der Waals surface area contributed by atoms with Crippen LogP contribution < -0.4 is 5.73 Å². The highest BCUT2D eigenvalue weighted by Gasteiger charge is 2.11. The fourth-order valence-electron chi connectivity index (χ4n) is 1.39. The van der Waals surface area contributed by atoms with Crippen molar-refractivity contribution in [2.75, 3.05) is 0 Å². The molecule has 0 aliphatic heterocycles. The number of thiophene rings is 2. The summed E-state index contributed by atoms with van der Waals surface area (Å²) in [5.74, 6) is 0. The second kappa shape index (κ2) is 5.14. The first kappa shape index (κ1) is 11.2. The zero-order valence-electron chi connectivity index (χ0n) is 8.63. The van der Waals surface area contributed by atoms with Crippen LogP contribution in [0.3, 0.4) is 0 Å². The van der Waals surface area contributed by atoms with Crippen LogP contribution in [-0.4, -0.2) is 10.9 Å².